The van der Waals surface area contributed by atoms with E-state index in [1.54, 1.807) is 31.2 Å². The number of esters is 1. The maximum absolute atomic E-state index is 12.9. The van der Waals surface area contributed by atoms with Gasteiger partial charge < -0.3 is 9.47 Å². The van der Waals surface area contributed by atoms with E-state index >= 15 is 0 Å². The van der Waals surface area contributed by atoms with Crippen LogP contribution in [0, 0.1) is 5.92 Å². The molecule has 0 unspecified atom stereocenters. The van der Waals surface area contributed by atoms with Crippen molar-refractivity contribution in [2.24, 2.45) is 11.0 Å². The summed E-state index contributed by atoms with van der Waals surface area (Å²) < 4.78 is 10.3. The summed E-state index contributed by atoms with van der Waals surface area (Å²) in [6.45, 7) is 5.24. The molecule has 0 saturated carbocycles. The van der Waals surface area contributed by atoms with Gasteiger partial charge in [-0.15, -0.1) is 0 Å². The molecule has 2 heterocycles. The SMILES string of the molecule is CCOC(=O)C1=NN(C(C)=O)[C@H]2C(=O)N(c3ccc(OCC)cc3)C(=O)[C@@H]12. The summed E-state index contributed by atoms with van der Waals surface area (Å²) in [5.41, 5.74) is 0.0957. The fourth-order valence-corrected chi connectivity index (χ4v) is 3.16. The van der Waals surface area contributed by atoms with Crippen molar-refractivity contribution in [1.82, 2.24) is 5.01 Å². The van der Waals surface area contributed by atoms with Gasteiger partial charge in [0.25, 0.3) is 5.91 Å². The Balaban J connectivity index is 1.96. The molecule has 142 valence electrons. The predicted molar refractivity (Wildman–Crippen MR) is 94.0 cm³/mol. The van der Waals surface area contributed by atoms with Gasteiger partial charge >= 0.3 is 5.97 Å². The van der Waals surface area contributed by atoms with Crippen LogP contribution in [0.5, 0.6) is 5.75 Å². The van der Waals surface area contributed by atoms with Crippen LogP contribution in [0.4, 0.5) is 5.69 Å². The first-order valence-corrected chi connectivity index (χ1v) is 8.56. The van der Waals surface area contributed by atoms with Gasteiger partial charge in [0.15, 0.2) is 11.8 Å². The van der Waals surface area contributed by atoms with Crippen molar-refractivity contribution in [2.75, 3.05) is 18.1 Å². The molecule has 1 aromatic carbocycles. The number of rotatable bonds is 5. The first-order valence-electron chi connectivity index (χ1n) is 8.56. The summed E-state index contributed by atoms with van der Waals surface area (Å²) in [6.07, 6.45) is 0. The zero-order chi connectivity index (χ0) is 19.7. The lowest BCUT2D eigenvalue weighted by molar-refractivity contribution is -0.136. The average Bonchev–Trinajstić information content (AvgIpc) is 3.14. The molecule has 3 amide bonds. The van der Waals surface area contributed by atoms with Crippen molar-refractivity contribution in [3.8, 4) is 5.75 Å². The van der Waals surface area contributed by atoms with Gasteiger partial charge in [-0.05, 0) is 38.1 Å². The molecule has 9 heteroatoms. The number of hydrogen-bond donors (Lipinski definition) is 0. The number of anilines is 1. The third-order valence-electron chi connectivity index (χ3n) is 4.26. The fourth-order valence-electron chi connectivity index (χ4n) is 3.16. The molecule has 27 heavy (non-hydrogen) atoms. The van der Waals surface area contributed by atoms with Gasteiger partial charge in [0.1, 0.15) is 11.7 Å². The summed E-state index contributed by atoms with van der Waals surface area (Å²) in [6, 6.07) is 5.23. The van der Waals surface area contributed by atoms with Gasteiger partial charge in [-0.2, -0.15) is 5.10 Å². The highest BCUT2D eigenvalue weighted by Crippen LogP contribution is 2.36. The first-order chi connectivity index (χ1) is 12.9. The maximum atomic E-state index is 12.9. The number of amides is 3. The Bertz CT molecular complexity index is 832. The summed E-state index contributed by atoms with van der Waals surface area (Å²) in [4.78, 5) is 50.9. The molecule has 1 aromatic rings. The molecule has 2 aliphatic rings. The molecule has 9 nitrogen and oxygen atoms in total. The lowest BCUT2D eigenvalue weighted by atomic mass is 9.98. The summed E-state index contributed by atoms with van der Waals surface area (Å²) in [5, 5.41) is 4.78. The smallest absolute Gasteiger partial charge is 0.355 e. The number of fused-ring (bicyclic) bond motifs is 1. The second-order valence-electron chi connectivity index (χ2n) is 5.93. The van der Waals surface area contributed by atoms with Crippen LogP contribution in [0.1, 0.15) is 20.8 Å². The van der Waals surface area contributed by atoms with Crippen LogP contribution in [-0.4, -0.2) is 53.7 Å². The molecular weight excluding hydrogens is 354 g/mol. The Labute approximate surface area is 155 Å². The van der Waals surface area contributed by atoms with E-state index in [1.165, 1.54) is 6.92 Å². The van der Waals surface area contributed by atoms with Crippen LogP contribution < -0.4 is 9.64 Å². The van der Waals surface area contributed by atoms with E-state index in [1.807, 2.05) is 6.92 Å². The number of hydrazone groups is 1. The zero-order valence-corrected chi connectivity index (χ0v) is 15.2. The lowest BCUT2D eigenvalue weighted by Crippen LogP contribution is -2.41. The molecule has 2 atom stereocenters. The molecule has 0 radical (unpaired) electrons. The highest BCUT2D eigenvalue weighted by molar-refractivity contribution is 6.47. The molecule has 0 aliphatic carbocycles. The number of carbonyl (C=O) groups is 4. The predicted octanol–water partition coefficient (Wildman–Crippen LogP) is 0.724. The standard InChI is InChI=1S/C18H19N3O6/c1-4-26-12-8-6-11(7-9-12)20-16(23)13-14(18(25)27-5-2)19-21(10(3)22)15(13)17(20)24/h6-9,13,15H,4-5H2,1-3H3/t13-,15+/m0/s1. The quantitative estimate of drug-likeness (QED) is 0.556. The molecule has 3 rings (SSSR count). The van der Waals surface area contributed by atoms with Crippen LogP contribution in [0.2, 0.25) is 0 Å². The summed E-state index contributed by atoms with van der Waals surface area (Å²) in [7, 11) is 0. The second-order valence-corrected chi connectivity index (χ2v) is 5.93. The van der Waals surface area contributed by atoms with Crippen molar-refractivity contribution in [2.45, 2.75) is 26.8 Å². The molecule has 0 spiro atoms. The normalized spacial score (nSPS) is 21.2. The Morgan fingerprint density at radius 2 is 1.74 bits per heavy atom. The zero-order valence-electron chi connectivity index (χ0n) is 15.2. The third kappa shape index (κ3) is 3.05. The molecule has 0 N–H and O–H groups in total. The van der Waals surface area contributed by atoms with Crippen LogP contribution in [0.3, 0.4) is 0 Å². The minimum Gasteiger partial charge on any atom is -0.494 e. The number of ether oxygens (including phenoxy) is 2. The van der Waals surface area contributed by atoms with Crippen LogP contribution in [-0.2, 0) is 23.9 Å². The third-order valence-corrected chi connectivity index (χ3v) is 4.26. The first kappa shape index (κ1) is 18.6. The van der Waals surface area contributed by atoms with E-state index in [0.717, 1.165) is 9.91 Å². The number of imide groups is 1. The monoisotopic (exact) mass is 373 g/mol. The van der Waals surface area contributed by atoms with Crippen molar-refractivity contribution in [1.29, 1.82) is 0 Å². The van der Waals surface area contributed by atoms with Gasteiger partial charge in [0.05, 0.1) is 18.9 Å². The van der Waals surface area contributed by atoms with Crippen LogP contribution in [0.15, 0.2) is 29.4 Å². The van der Waals surface area contributed by atoms with Crippen molar-refractivity contribution in [3.05, 3.63) is 24.3 Å². The lowest BCUT2D eigenvalue weighted by Gasteiger charge is -2.19. The molecular formula is C18H19N3O6. The number of hydrogen-bond acceptors (Lipinski definition) is 7. The molecule has 1 saturated heterocycles. The highest BCUT2D eigenvalue weighted by atomic mass is 16.5. The van der Waals surface area contributed by atoms with Gasteiger partial charge in [0, 0.05) is 6.92 Å². The molecule has 0 bridgehead atoms. The largest absolute Gasteiger partial charge is 0.494 e. The van der Waals surface area contributed by atoms with E-state index in [4.69, 9.17) is 9.47 Å². The Morgan fingerprint density at radius 1 is 1.07 bits per heavy atom. The van der Waals surface area contributed by atoms with Gasteiger partial charge in [0.2, 0.25) is 11.8 Å². The van der Waals surface area contributed by atoms with Crippen LogP contribution in [0.25, 0.3) is 0 Å². The number of carbonyl (C=O) groups excluding carboxylic acids is 4. The van der Waals surface area contributed by atoms with E-state index in [0.29, 0.717) is 18.0 Å². The van der Waals surface area contributed by atoms with Gasteiger partial charge in [-0.25, -0.2) is 14.7 Å². The van der Waals surface area contributed by atoms with Crippen LogP contribution >= 0.6 is 0 Å². The number of nitrogens with zero attached hydrogens (tertiary/aromatic N) is 3. The van der Waals surface area contributed by atoms with E-state index in [-0.39, 0.29) is 12.3 Å². The van der Waals surface area contributed by atoms with Crippen molar-refractivity contribution >= 4 is 35.1 Å². The molecule has 2 aliphatic heterocycles. The van der Waals surface area contributed by atoms with Crippen molar-refractivity contribution < 1.29 is 28.7 Å². The van der Waals surface area contributed by atoms with Crippen molar-refractivity contribution in [3.63, 3.8) is 0 Å². The second kappa shape index (κ2) is 7.18. The van der Waals surface area contributed by atoms with E-state index in [2.05, 4.69) is 5.10 Å². The highest BCUT2D eigenvalue weighted by Gasteiger charge is 2.59. The maximum Gasteiger partial charge on any atom is 0.355 e. The Kier molecular flexibility index (Phi) is 4.93. The topological polar surface area (TPSA) is 106 Å². The van der Waals surface area contributed by atoms with Gasteiger partial charge in [-0.3, -0.25) is 14.4 Å². The van der Waals surface area contributed by atoms with Gasteiger partial charge in [-0.1, -0.05) is 0 Å². The average molecular weight is 373 g/mol. The Morgan fingerprint density at radius 3 is 2.30 bits per heavy atom. The summed E-state index contributed by atoms with van der Waals surface area (Å²) >= 11 is 0. The minimum absolute atomic E-state index is 0.0834. The molecule has 1 fully saturated rings. The summed E-state index contributed by atoms with van der Waals surface area (Å²) in [5.74, 6) is -3.17. The number of benzene rings is 1. The molecule has 0 aromatic heterocycles. The fraction of sp³-hybridized carbons (Fsp3) is 0.389. The van der Waals surface area contributed by atoms with E-state index < -0.39 is 35.7 Å². The minimum atomic E-state index is -1.18. The Hall–Kier alpha value is -3.23. The van der Waals surface area contributed by atoms with E-state index in [9.17, 15) is 19.2 Å².